The number of unbranched alkanes of at least 4 members (excludes halogenated alkanes) is 2. The number of rotatable bonds is 8. The monoisotopic (exact) mass is 435 g/mol. The SMILES string of the molecule is CCCCCN1C(=O)C(=O)/C(=C(\O)c2ccc(C)c(C)c2)C1c1cccc(OC(C)C)c1. The van der Waals surface area contributed by atoms with Gasteiger partial charge < -0.3 is 14.7 Å². The number of hydrogen-bond acceptors (Lipinski definition) is 4. The molecule has 3 rings (SSSR count). The molecule has 1 unspecified atom stereocenters. The summed E-state index contributed by atoms with van der Waals surface area (Å²) in [6, 6.07) is 12.4. The summed E-state index contributed by atoms with van der Waals surface area (Å²) in [5.74, 6) is -0.670. The van der Waals surface area contributed by atoms with Gasteiger partial charge in [-0.3, -0.25) is 9.59 Å². The van der Waals surface area contributed by atoms with Crippen LogP contribution in [0.3, 0.4) is 0 Å². The molecule has 0 spiro atoms. The molecule has 5 heteroatoms. The van der Waals surface area contributed by atoms with Crippen LogP contribution < -0.4 is 4.74 Å². The number of nitrogens with zero attached hydrogens (tertiary/aromatic N) is 1. The van der Waals surface area contributed by atoms with Gasteiger partial charge in [0.25, 0.3) is 11.7 Å². The number of aryl methyl sites for hydroxylation is 2. The topological polar surface area (TPSA) is 66.8 Å². The number of Topliss-reactive ketones (excluding diaryl/α,β-unsaturated/α-hetero) is 1. The molecular weight excluding hydrogens is 402 g/mol. The van der Waals surface area contributed by atoms with Gasteiger partial charge in [0.2, 0.25) is 0 Å². The third-order valence-corrected chi connectivity index (χ3v) is 5.87. The van der Waals surface area contributed by atoms with Gasteiger partial charge in [-0.1, -0.05) is 44.0 Å². The Kier molecular flexibility index (Phi) is 7.39. The summed E-state index contributed by atoms with van der Waals surface area (Å²) in [5.41, 5.74) is 3.53. The van der Waals surface area contributed by atoms with Gasteiger partial charge in [0.15, 0.2) is 0 Å². The van der Waals surface area contributed by atoms with Crippen molar-refractivity contribution in [1.82, 2.24) is 4.90 Å². The van der Waals surface area contributed by atoms with Crippen LogP contribution in [-0.4, -0.2) is 34.3 Å². The normalized spacial score (nSPS) is 17.9. The summed E-state index contributed by atoms with van der Waals surface area (Å²) in [7, 11) is 0. The molecule has 0 aromatic heterocycles. The molecule has 0 radical (unpaired) electrons. The molecule has 1 atom stereocenters. The highest BCUT2D eigenvalue weighted by Crippen LogP contribution is 2.40. The first kappa shape index (κ1) is 23.6. The largest absolute Gasteiger partial charge is 0.507 e. The van der Waals surface area contributed by atoms with Gasteiger partial charge in [-0.15, -0.1) is 0 Å². The van der Waals surface area contributed by atoms with E-state index >= 15 is 0 Å². The molecule has 1 aliphatic heterocycles. The summed E-state index contributed by atoms with van der Waals surface area (Å²) >= 11 is 0. The van der Waals surface area contributed by atoms with Crippen molar-refractivity contribution >= 4 is 17.4 Å². The fraction of sp³-hybridized carbons (Fsp3) is 0.407. The molecule has 5 nitrogen and oxygen atoms in total. The fourth-order valence-electron chi connectivity index (χ4n) is 4.06. The van der Waals surface area contributed by atoms with Crippen LogP contribution in [0.1, 0.15) is 68.3 Å². The maximum atomic E-state index is 13.1. The number of ketones is 1. The van der Waals surface area contributed by atoms with E-state index in [-0.39, 0.29) is 17.4 Å². The number of aliphatic hydroxyl groups is 1. The average Bonchev–Trinajstić information content (AvgIpc) is 3.00. The van der Waals surface area contributed by atoms with E-state index in [1.165, 1.54) is 0 Å². The fourth-order valence-corrected chi connectivity index (χ4v) is 4.06. The van der Waals surface area contributed by atoms with Gasteiger partial charge in [-0.25, -0.2) is 0 Å². The van der Waals surface area contributed by atoms with E-state index in [1.807, 2.05) is 64.1 Å². The predicted molar refractivity (Wildman–Crippen MR) is 127 cm³/mol. The minimum absolute atomic E-state index is 0.00306. The van der Waals surface area contributed by atoms with Crippen LogP contribution in [0.5, 0.6) is 5.75 Å². The van der Waals surface area contributed by atoms with Crippen LogP contribution in [0.2, 0.25) is 0 Å². The van der Waals surface area contributed by atoms with Crippen LogP contribution in [0.15, 0.2) is 48.0 Å². The van der Waals surface area contributed by atoms with Crippen LogP contribution in [-0.2, 0) is 9.59 Å². The molecule has 1 saturated heterocycles. The summed E-state index contributed by atoms with van der Waals surface area (Å²) in [6.07, 6.45) is 2.77. The lowest BCUT2D eigenvalue weighted by molar-refractivity contribution is -0.139. The molecule has 2 aromatic rings. The Labute approximate surface area is 190 Å². The van der Waals surface area contributed by atoms with Crippen LogP contribution in [0, 0.1) is 13.8 Å². The van der Waals surface area contributed by atoms with Gasteiger partial charge in [0.1, 0.15) is 11.5 Å². The highest BCUT2D eigenvalue weighted by atomic mass is 16.5. The first-order chi connectivity index (χ1) is 15.2. The van der Waals surface area contributed by atoms with Crippen molar-refractivity contribution in [2.24, 2.45) is 0 Å². The van der Waals surface area contributed by atoms with Crippen molar-refractivity contribution in [1.29, 1.82) is 0 Å². The lowest BCUT2D eigenvalue weighted by atomic mass is 9.94. The molecule has 1 aliphatic rings. The summed E-state index contributed by atoms with van der Waals surface area (Å²) in [6.45, 7) is 10.4. The summed E-state index contributed by atoms with van der Waals surface area (Å²) in [4.78, 5) is 27.7. The summed E-state index contributed by atoms with van der Waals surface area (Å²) < 4.78 is 5.84. The van der Waals surface area contributed by atoms with E-state index in [1.54, 1.807) is 11.0 Å². The predicted octanol–water partition coefficient (Wildman–Crippen LogP) is 5.70. The first-order valence-electron chi connectivity index (χ1n) is 11.4. The number of ether oxygens (including phenoxy) is 1. The lowest BCUT2D eigenvalue weighted by Gasteiger charge is -2.26. The first-order valence-corrected chi connectivity index (χ1v) is 11.4. The maximum Gasteiger partial charge on any atom is 0.295 e. The second kappa shape index (κ2) is 10.0. The molecule has 32 heavy (non-hydrogen) atoms. The Balaban J connectivity index is 2.14. The number of carbonyl (C=O) groups is 2. The second-order valence-corrected chi connectivity index (χ2v) is 8.74. The molecule has 1 N–H and O–H groups in total. The molecule has 0 aliphatic carbocycles. The zero-order chi connectivity index (χ0) is 23.4. The highest BCUT2D eigenvalue weighted by Gasteiger charge is 2.45. The Morgan fingerprint density at radius 3 is 2.47 bits per heavy atom. The third-order valence-electron chi connectivity index (χ3n) is 5.87. The van der Waals surface area contributed by atoms with Crippen molar-refractivity contribution in [3.63, 3.8) is 0 Å². The Bertz CT molecular complexity index is 1040. The van der Waals surface area contributed by atoms with E-state index in [0.29, 0.717) is 17.9 Å². The second-order valence-electron chi connectivity index (χ2n) is 8.74. The molecular formula is C27H33NO4. The van der Waals surface area contributed by atoms with E-state index in [9.17, 15) is 14.7 Å². The molecule has 1 fully saturated rings. The van der Waals surface area contributed by atoms with Crippen molar-refractivity contribution in [2.75, 3.05) is 6.54 Å². The third kappa shape index (κ3) is 4.87. The van der Waals surface area contributed by atoms with Crippen molar-refractivity contribution in [3.8, 4) is 5.75 Å². The Morgan fingerprint density at radius 1 is 1.06 bits per heavy atom. The molecule has 170 valence electrons. The maximum absolute atomic E-state index is 13.1. The average molecular weight is 436 g/mol. The van der Waals surface area contributed by atoms with E-state index in [0.717, 1.165) is 36.0 Å². The quantitative estimate of drug-likeness (QED) is 0.250. The Morgan fingerprint density at radius 2 is 1.81 bits per heavy atom. The molecule has 0 bridgehead atoms. The summed E-state index contributed by atoms with van der Waals surface area (Å²) in [5, 5.41) is 11.2. The standard InChI is InChI=1S/C27H33NO4/c1-6-7-8-14-28-24(20-10-9-11-22(16-20)32-17(2)3)23(26(30)27(28)31)25(29)21-13-12-18(4)19(5)15-21/h9-13,15-17,24,29H,6-8,14H2,1-5H3/b25-23-. The molecule has 0 saturated carbocycles. The zero-order valence-electron chi connectivity index (χ0n) is 19.6. The van der Waals surface area contributed by atoms with Gasteiger partial charge in [-0.05, 0) is 69.0 Å². The van der Waals surface area contributed by atoms with Gasteiger partial charge in [-0.2, -0.15) is 0 Å². The Hall–Kier alpha value is -3.08. The number of carbonyl (C=O) groups excluding carboxylic acids is 2. The zero-order valence-corrected chi connectivity index (χ0v) is 19.6. The highest BCUT2D eigenvalue weighted by molar-refractivity contribution is 6.46. The van der Waals surface area contributed by atoms with E-state index < -0.39 is 17.7 Å². The van der Waals surface area contributed by atoms with Crippen LogP contribution in [0.25, 0.3) is 5.76 Å². The van der Waals surface area contributed by atoms with E-state index in [2.05, 4.69) is 6.92 Å². The lowest BCUT2D eigenvalue weighted by Crippen LogP contribution is -2.30. The minimum atomic E-state index is -0.649. The number of benzene rings is 2. The van der Waals surface area contributed by atoms with Crippen molar-refractivity contribution in [3.05, 3.63) is 70.3 Å². The van der Waals surface area contributed by atoms with E-state index in [4.69, 9.17) is 4.74 Å². The molecule has 2 aromatic carbocycles. The number of hydrogen-bond donors (Lipinski definition) is 1. The molecule has 1 heterocycles. The van der Waals surface area contributed by atoms with Crippen molar-refractivity contribution < 1.29 is 19.4 Å². The van der Waals surface area contributed by atoms with Crippen LogP contribution >= 0.6 is 0 Å². The van der Waals surface area contributed by atoms with Crippen LogP contribution in [0.4, 0.5) is 0 Å². The van der Waals surface area contributed by atoms with Gasteiger partial charge in [0, 0.05) is 12.1 Å². The van der Waals surface area contributed by atoms with Gasteiger partial charge >= 0.3 is 0 Å². The minimum Gasteiger partial charge on any atom is -0.507 e. The van der Waals surface area contributed by atoms with Gasteiger partial charge in [0.05, 0.1) is 17.7 Å². The van der Waals surface area contributed by atoms with Crippen molar-refractivity contribution in [2.45, 2.75) is 66.0 Å². The molecule has 1 amide bonds. The smallest absolute Gasteiger partial charge is 0.295 e. The number of likely N-dealkylation sites (tertiary alicyclic amines) is 1. The number of amides is 1. The number of aliphatic hydroxyl groups excluding tert-OH is 1.